The number of nitriles is 1. The molecule has 1 aliphatic heterocycles. The van der Waals surface area contributed by atoms with Gasteiger partial charge in [0.15, 0.2) is 0 Å². The van der Waals surface area contributed by atoms with Crippen molar-refractivity contribution in [1.29, 1.82) is 5.26 Å². The summed E-state index contributed by atoms with van der Waals surface area (Å²) in [5.41, 5.74) is 1.16. The molecular weight excluding hydrogens is 204 g/mol. The number of hydrogen-bond acceptors (Lipinski definition) is 5. The Balaban J connectivity index is 2.33. The predicted octanol–water partition coefficient (Wildman–Crippen LogP) is 0.618. The molecule has 1 fully saturated rings. The van der Waals surface area contributed by atoms with E-state index in [1.807, 2.05) is 17.9 Å². The molecule has 1 aromatic heterocycles. The third kappa shape index (κ3) is 1.97. The van der Waals surface area contributed by atoms with Gasteiger partial charge in [-0.2, -0.15) is 5.26 Å². The van der Waals surface area contributed by atoms with Gasteiger partial charge in [0.2, 0.25) is 5.95 Å². The lowest BCUT2D eigenvalue weighted by Gasteiger charge is -2.23. The van der Waals surface area contributed by atoms with Gasteiger partial charge in [-0.1, -0.05) is 0 Å². The minimum absolute atomic E-state index is 0.0911. The lowest BCUT2D eigenvalue weighted by molar-refractivity contribution is 0.265. The largest absolute Gasteiger partial charge is 0.394 e. The Labute approximate surface area is 94.4 Å². The zero-order valence-corrected chi connectivity index (χ0v) is 9.22. The van der Waals surface area contributed by atoms with Crippen molar-refractivity contribution in [2.45, 2.75) is 25.8 Å². The van der Waals surface area contributed by atoms with Crippen LogP contribution < -0.4 is 4.90 Å². The van der Waals surface area contributed by atoms with Crippen LogP contribution >= 0.6 is 0 Å². The van der Waals surface area contributed by atoms with E-state index < -0.39 is 0 Å². The fourth-order valence-corrected chi connectivity index (χ4v) is 2.03. The van der Waals surface area contributed by atoms with E-state index in [1.165, 1.54) is 0 Å². The summed E-state index contributed by atoms with van der Waals surface area (Å²) in [7, 11) is 0. The van der Waals surface area contributed by atoms with E-state index >= 15 is 0 Å². The van der Waals surface area contributed by atoms with Gasteiger partial charge >= 0.3 is 0 Å². The molecule has 0 spiro atoms. The van der Waals surface area contributed by atoms with Crippen molar-refractivity contribution in [2.75, 3.05) is 18.1 Å². The van der Waals surface area contributed by atoms with Crippen molar-refractivity contribution in [3.8, 4) is 6.07 Å². The minimum atomic E-state index is 0.0911. The Kier molecular flexibility index (Phi) is 3.02. The molecule has 1 atom stereocenters. The number of aryl methyl sites for hydroxylation is 1. The molecule has 16 heavy (non-hydrogen) atoms. The number of rotatable bonds is 2. The Morgan fingerprint density at radius 3 is 3.12 bits per heavy atom. The first-order chi connectivity index (χ1) is 7.74. The van der Waals surface area contributed by atoms with Gasteiger partial charge in [-0.05, 0) is 25.8 Å². The maximum atomic E-state index is 9.23. The van der Waals surface area contributed by atoms with Crippen molar-refractivity contribution in [1.82, 2.24) is 9.97 Å². The van der Waals surface area contributed by atoms with E-state index in [0.29, 0.717) is 11.6 Å². The quantitative estimate of drug-likeness (QED) is 0.787. The summed E-state index contributed by atoms with van der Waals surface area (Å²) in [4.78, 5) is 10.5. The number of nitrogens with zero attached hydrogens (tertiary/aromatic N) is 4. The predicted molar refractivity (Wildman–Crippen MR) is 58.9 cm³/mol. The number of aliphatic hydroxyl groups excluding tert-OH is 1. The lowest BCUT2D eigenvalue weighted by atomic mass is 10.2. The molecule has 0 bridgehead atoms. The van der Waals surface area contributed by atoms with Crippen molar-refractivity contribution in [3.05, 3.63) is 17.5 Å². The summed E-state index contributed by atoms with van der Waals surface area (Å²) < 4.78 is 0. The summed E-state index contributed by atoms with van der Waals surface area (Å²) in [6, 6.07) is 3.78. The molecule has 0 aromatic carbocycles. The molecule has 0 saturated carbocycles. The van der Waals surface area contributed by atoms with Gasteiger partial charge in [0.1, 0.15) is 11.8 Å². The highest BCUT2D eigenvalue weighted by Gasteiger charge is 2.26. The topological polar surface area (TPSA) is 73.0 Å². The van der Waals surface area contributed by atoms with Crippen molar-refractivity contribution in [3.63, 3.8) is 0 Å². The molecule has 0 aliphatic carbocycles. The van der Waals surface area contributed by atoms with Gasteiger partial charge in [0, 0.05) is 12.2 Å². The van der Waals surface area contributed by atoms with E-state index in [0.717, 1.165) is 25.1 Å². The average Bonchev–Trinajstić information content (AvgIpc) is 2.76. The molecule has 1 aromatic rings. The van der Waals surface area contributed by atoms with Crippen LogP contribution in [0.2, 0.25) is 0 Å². The number of anilines is 1. The number of aliphatic hydroxyl groups is 1. The third-order valence-electron chi connectivity index (χ3n) is 2.80. The van der Waals surface area contributed by atoms with E-state index in [-0.39, 0.29) is 12.6 Å². The summed E-state index contributed by atoms with van der Waals surface area (Å²) in [6.07, 6.45) is 1.99. The van der Waals surface area contributed by atoms with E-state index in [2.05, 4.69) is 9.97 Å². The maximum Gasteiger partial charge on any atom is 0.227 e. The standard InChI is InChI=1S/C11H14N4O/c1-8-5-9(6-12)14-11(13-8)15-4-2-3-10(15)7-16/h5,10,16H,2-4,7H2,1H3. The van der Waals surface area contributed by atoms with Gasteiger partial charge in [-0.15, -0.1) is 0 Å². The summed E-state index contributed by atoms with van der Waals surface area (Å²) >= 11 is 0. The van der Waals surface area contributed by atoms with Crippen LogP contribution in [-0.2, 0) is 0 Å². The van der Waals surface area contributed by atoms with Crippen LogP contribution in [0.1, 0.15) is 24.2 Å². The minimum Gasteiger partial charge on any atom is -0.394 e. The summed E-state index contributed by atoms with van der Waals surface area (Å²) in [5, 5.41) is 18.1. The average molecular weight is 218 g/mol. The van der Waals surface area contributed by atoms with Crippen molar-refractivity contribution >= 4 is 5.95 Å². The van der Waals surface area contributed by atoms with Crippen LogP contribution in [0, 0.1) is 18.3 Å². The summed E-state index contributed by atoms with van der Waals surface area (Å²) in [6.45, 7) is 2.80. The first-order valence-corrected chi connectivity index (χ1v) is 5.38. The molecule has 84 valence electrons. The molecular formula is C11H14N4O. The Bertz CT molecular complexity index is 426. The van der Waals surface area contributed by atoms with Crippen LogP contribution in [0.3, 0.4) is 0 Å². The second-order valence-electron chi connectivity index (χ2n) is 3.98. The second kappa shape index (κ2) is 4.45. The highest BCUT2D eigenvalue weighted by Crippen LogP contribution is 2.22. The zero-order valence-electron chi connectivity index (χ0n) is 9.22. The van der Waals surface area contributed by atoms with Gasteiger partial charge in [0.25, 0.3) is 0 Å². The van der Waals surface area contributed by atoms with Gasteiger partial charge in [-0.25, -0.2) is 9.97 Å². The Hall–Kier alpha value is -1.67. The van der Waals surface area contributed by atoms with Crippen LogP contribution in [0.15, 0.2) is 6.07 Å². The monoisotopic (exact) mass is 218 g/mol. The maximum absolute atomic E-state index is 9.23. The lowest BCUT2D eigenvalue weighted by Crippen LogP contribution is -2.33. The highest BCUT2D eigenvalue weighted by atomic mass is 16.3. The van der Waals surface area contributed by atoms with E-state index in [1.54, 1.807) is 6.07 Å². The van der Waals surface area contributed by atoms with Crippen LogP contribution in [0.4, 0.5) is 5.95 Å². The van der Waals surface area contributed by atoms with Crippen LogP contribution in [0.5, 0.6) is 0 Å². The molecule has 5 heteroatoms. The summed E-state index contributed by atoms with van der Waals surface area (Å²) in [5.74, 6) is 0.563. The zero-order chi connectivity index (χ0) is 11.5. The molecule has 1 aliphatic rings. The fourth-order valence-electron chi connectivity index (χ4n) is 2.03. The molecule has 1 saturated heterocycles. The fraction of sp³-hybridized carbons (Fsp3) is 0.545. The normalized spacial score (nSPS) is 19.8. The van der Waals surface area contributed by atoms with Crippen molar-refractivity contribution in [2.24, 2.45) is 0 Å². The molecule has 1 unspecified atom stereocenters. The van der Waals surface area contributed by atoms with Gasteiger partial charge < -0.3 is 10.0 Å². The van der Waals surface area contributed by atoms with Crippen molar-refractivity contribution < 1.29 is 5.11 Å². The smallest absolute Gasteiger partial charge is 0.227 e. The van der Waals surface area contributed by atoms with E-state index in [9.17, 15) is 5.11 Å². The molecule has 1 N–H and O–H groups in total. The first kappa shape index (κ1) is 10.8. The van der Waals surface area contributed by atoms with Crippen LogP contribution in [-0.4, -0.2) is 34.3 Å². The SMILES string of the molecule is Cc1cc(C#N)nc(N2CCCC2CO)n1. The highest BCUT2D eigenvalue weighted by molar-refractivity contribution is 5.38. The Morgan fingerprint density at radius 2 is 2.44 bits per heavy atom. The third-order valence-corrected chi connectivity index (χ3v) is 2.80. The number of hydrogen-bond donors (Lipinski definition) is 1. The first-order valence-electron chi connectivity index (χ1n) is 5.38. The molecule has 2 heterocycles. The Morgan fingerprint density at radius 1 is 1.62 bits per heavy atom. The molecule has 2 rings (SSSR count). The van der Waals surface area contributed by atoms with Crippen LogP contribution in [0.25, 0.3) is 0 Å². The van der Waals surface area contributed by atoms with Gasteiger partial charge in [-0.3, -0.25) is 0 Å². The molecule has 0 amide bonds. The molecule has 0 radical (unpaired) electrons. The van der Waals surface area contributed by atoms with E-state index in [4.69, 9.17) is 5.26 Å². The number of aromatic nitrogens is 2. The molecule has 5 nitrogen and oxygen atoms in total. The van der Waals surface area contributed by atoms with Gasteiger partial charge in [0.05, 0.1) is 12.6 Å². The second-order valence-corrected chi connectivity index (χ2v) is 3.98.